The Morgan fingerprint density at radius 3 is 1.29 bits per heavy atom. The van der Waals surface area contributed by atoms with Crippen LogP contribution in [0, 0.1) is 21.3 Å². The van der Waals surface area contributed by atoms with E-state index in [2.05, 4.69) is 13.8 Å². The fraction of sp³-hybridized carbons (Fsp3) is 0.500. The molecule has 0 amide bonds. The molecule has 0 aromatic rings. The summed E-state index contributed by atoms with van der Waals surface area (Å²) < 4.78 is 0. The van der Waals surface area contributed by atoms with Crippen molar-refractivity contribution in [1.29, 1.82) is 0 Å². The van der Waals surface area contributed by atoms with Crippen LogP contribution in [0.1, 0.15) is 20.3 Å². The summed E-state index contributed by atoms with van der Waals surface area (Å²) in [4.78, 5) is 0. The smallest absolute Gasteiger partial charge is 0.358 e. The summed E-state index contributed by atoms with van der Waals surface area (Å²) in [6, 6.07) is 0. The van der Waals surface area contributed by atoms with E-state index in [0.717, 1.165) is 6.42 Å². The van der Waals surface area contributed by atoms with Crippen molar-refractivity contribution in [1.82, 2.24) is 0 Å². The van der Waals surface area contributed by atoms with E-state index in [9.17, 15) is 0 Å². The molecule has 42 valence electrons. The molecule has 0 saturated heterocycles. The zero-order valence-electron chi connectivity index (χ0n) is 5.70. The van der Waals surface area contributed by atoms with Gasteiger partial charge in [-0.1, -0.05) is 6.92 Å². The minimum Gasteiger partial charge on any atom is -0.358 e. The van der Waals surface area contributed by atoms with Gasteiger partial charge in [0.05, 0.1) is 0 Å². The van der Waals surface area contributed by atoms with Crippen LogP contribution < -0.4 is 0 Å². The molecule has 0 nitrogen and oxygen atoms in total. The molecule has 0 heterocycles. The first kappa shape index (κ1) is 24.3. The first-order valence-electron chi connectivity index (χ1n) is 1.91. The van der Waals surface area contributed by atoms with Crippen LogP contribution in [-0.2, 0) is 32.7 Å². The number of rotatable bonds is 0. The minimum absolute atomic E-state index is 0. The van der Waals surface area contributed by atoms with Gasteiger partial charge in [-0.05, 0) is 0 Å². The van der Waals surface area contributed by atoms with Gasteiger partial charge in [-0.3, -0.25) is 0 Å². The Balaban J connectivity index is -0.0000000105. The summed E-state index contributed by atoms with van der Waals surface area (Å²) in [5, 5.41) is 0. The molecule has 0 aromatic heterocycles. The van der Waals surface area contributed by atoms with Gasteiger partial charge in [0, 0.05) is 0 Å². The third kappa shape index (κ3) is 152. The van der Waals surface area contributed by atoms with Crippen LogP contribution in [0.3, 0.4) is 0 Å². The van der Waals surface area contributed by atoms with Crippen LogP contribution in [0.5, 0.6) is 0 Å². The van der Waals surface area contributed by atoms with Crippen molar-refractivity contribution in [3.05, 3.63) is 21.3 Å². The van der Waals surface area contributed by atoms with Crippen molar-refractivity contribution in [2.45, 2.75) is 20.3 Å². The molecule has 0 bridgehead atoms. The van der Waals surface area contributed by atoms with Gasteiger partial charge in [0.15, 0.2) is 0 Å². The molecule has 0 rings (SSSR count). The quantitative estimate of drug-likeness (QED) is 0.497. The summed E-state index contributed by atoms with van der Waals surface area (Å²) in [5.41, 5.74) is 0. The molecule has 1 heteroatoms. The van der Waals surface area contributed by atoms with Crippen molar-refractivity contribution < 1.29 is 32.7 Å². The third-order valence-electron chi connectivity index (χ3n) is 0. The van der Waals surface area contributed by atoms with Gasteiger partial charge in [-0.15, -0.1) is 0 Å². The Hall–Kier alpha value is 1.10. The predicted octanol–water partition coefficient (Wildman–Crippen LogP) is 2.52. The Morgan fingerprint density at radius 2 is 1.29 bits per heavy atom. The van der Waals surface area contributed by atoms with E-state index in [-0.39, 0.29) is 40.1 Å². The third-order valence-corrected chi connectivity index (χ3v) is 0. The molecule has 0 unspecified atom stereocenters. The fourth-order valence-electron chi connectivity index (χ4n) is 0. The van der Waals surface area contributed by atoms with Crippen molar-refractivity contribution in [3.8, 4) is 0 Å². The topological polar surface area (TPSA) is 0 Å². The monoisotopic (exact) mass is 176 g/mol. The maximum atomic E-state index is 3.49. The van der Waals surface area contributed by atoms with Crippen molar-refractivity contribution in [3.63, 3.8) is 0 Å². The van der Waals surface area contributed by atoms with Gasteiger partial charge in [-0.25, -0.2) is 0 Å². The molecular formula is C6H15Y. The van der Waals surface area contributed by atoms with Gasteiger partial charge in [-0.2, -0.15) is 13.3 Å². The molecule has 0 aliphatic carbocycles. The second kappa shape index (κ2) is 59.8. The van der Waals surface area contributed by atoms with Gasteiger partial charge >= 0.3 is 32.7 Å². The molecule has 0 N–H and O–H groups in total. The Bertz CT molecular complexity index is 4.14. The average Bonchev–Trinajstić information content (AvgIpc) is 1.46. The van der Waals surface area contributed by atoms with Crippen LogP contribution in [0.2, 0.25) is 0 Å². The fourth-order valence-corrected chi connectivity index (χ4v) is 0. The first-order valence-corrected chi connectivity index (χ1v) is 1.91. The molecule has 0 aliphatic rings. The van der Waals surface area contributed by atoms with Crippen LogP contribution in [0.15, 0.2) is 0 Å². The Labute approximate surface area is 74.0 Å². The normalized spacial score (nSPS) is 3.43. The Kier molecular flexibility index (Phi) is 207. The van der Waals surface area contributed by atoms with Crippen molar-refractivity contribution in [2.24, 2.45) is 0 Å². The van der Waals surface area contributed by atoms with Crippen LogP contribution in [0.4, 0.5) is 0 Å². The summed E-state index contributed by atoms with van der Waals surface area (Å²) in [6.07, 6.45) is 1.00. The molecule has 0 radical (unpaired) electrons. The Morgan fingerprint density at radius 1 is 1.29 bits per heavy atom. The van der Waals surface area contributed by atoms with Gasteiger partial charge < -0.3 is 21.3 Å². The zero-order valence-corrected chi connectivity index (χ0v) is 8.54. The average molecular weight is 176 g/mol. The van der Waals surface area contributed by atoms with Gasteiger partial charge in [0.1, 0.15) is 0 Å². The molecule has 7 heavy (non-hydrogen) atoms. The minimum atomic E-state index is 0. The van der Waals surface area contributed by atoms with Crippen molar-refractivity contribution >= 4 is 0 Å². The van der Waals surface area contributed by atoms with Gasteiger partial charge in [0.2, 0.25) is 0 Å². The molecule has 0 fully saturated rings. The SMILES string of the molecule is [CH2-]C.[CH2-]CC.[CH3-].[Y+3]. The maximum Gasteiger partial charge on any atom is 3.00 e. The van der Waals surface area contributed by atoms with Crippen LogP contribution in [-0.4, -0.2) is 0 Å². The molecule has 0 aromatic carbocycles. The van der Waals surface area contributed by atoms with E-state index in [4.69, 9.17) is 0 Å². The summed E-state index contributed by atoms with van der Waals surface area (Å²) in [7, 11) is 0. The second-order valence-corrected chi connectivity index (χ2v) is 0.500. The standard InChI is InChI=1S/C3H7.C2H5.CH3.Y/c1-3-2;1-2;;/h1,3H2,2H3;1H2,2H3;1H3;/q3*-1;+3. The zero-order chi connectivity index (χ0) is 4.71. The maximum absolute atomic E-state index is 3.49. The number of hydrogen-bond donors (Lipinski definition) is 0. The predicted molar refractivity (Wildman–Crippen MR) is 33.1 cm³/mol. The molecule has 0 aliphatic heterocycles. The largest absolute Gasteiger partial charge is 3.00 e. The summed E-state index contributed by atoms with van der Waals surface area (Å²) in [6.45, 7) is 10.5. The van der Waals surface area contributed by atoms with Crippen LogP contribution in [0.25, 0.3) is 0 Å². The molecule has 0 saturated carbocycles. The van der Waals surface area contributed by atoms with Gasteiger partial charge in [0.25, 0.3) is 0 Å². The van der Waals surface area contributed by atoms with E-state index >= 15 is 0 Å². The summed E-state index contributed by atoms with van der Waals surface area (Å²) >= 11 is 0. The van der Waals surface area contributed by atoms with E-state index in [1.807, 2.05) is 6.92 Å². The first-order chi connectivity index (χ1) is 2.41. The van der Waals surface area contributed by atoms with Crippen molar-refractivity contribution in [2.75, 3.05) is 0 Å². The summed E-state index contributed by atoms with van der Waals surface area (Å²) in [5.74, 6) is 0. The van der Waals surface area contributed by atoms with E-state index in [1.165, 1.54) is 0 Å². The van der Waals surface area contributed by atoms with E-state index in [1.54, 1.807) is 6.92 Å². The van der Waals surface area contributed by atoms with E-state index < -0.39 is 0 Å². The number of hydrogen-bond acceptors (Lipinski definition) is 0. The molecule has 0 spiro atoms. The van der Waals surface area contributed by atoms with E-state index in [0.29, 0.717) is 0 Å². The molecule has 0 atom stereocenters. The second-order valence-electron chi connectivity index (χ2n) is 0.500. The molecular weight excluding hydrogens is 161 g/mol. The van der Waals surface area contributed by atoms with Crippen LogP contribution >= 0.6 is 0 Å².